The van der Waals surface area contributed by atoms with E-state index >= 15 is 0 Å². The van der Waals surface area contributed by atoms with Crippen LogP contribution in [0.15, 0.2) is 42.6 Å². The Morgan fingerprint density at radius 2 is 2.00 bits per heavy atom. The summed E-state index contributed by atoms with van der Waals surface area (Å²) in [4.78, 5) is 10.1. The number of methoxy groups -OCH3 is 1. The molecular weight excluding hydrogens is 290 g/mol. The van der Waals surface area contributed by atoms with Crippen LogP contribution in [0.4, 0.5) is 0 Å². The van der Waals surface area contributed by atoms with Crippen molar-refractivity contribution in [2.45, 2.75) is 6.61 Å². The van der Waals surface area contributed by atoms with Crippen molar-refractivity contribution in [2.24, 2.45) is 0 Å². The number of hydrogen-bond acceptors (Lipinski definition) is 5. The van der Waals surface area contributed by atoms with Gasteiger partial charge in [0.25, 0.3) is 0 Å². The molecule has 1 aromatic carbocycles. The zero-order valence-electron chi connectivity index (χ0n) is 11.3. The fourth-order valence-electron chi connectivity index (χ4n) is 1.85. The summed E-state index contributed by atoms with van der Waals surface area (Å²) in [5.74, 6) is 0.428. The molecule has 106 valence electrons. The lowest BCUT2D eigenvalue weighted by molar-refractivity contribution is 0.181. The molecule has 0 unspecified atom stereocenters. The molecule has 0 fully saturated rings. The maximum Gasteiger partial charge on any atom is 0.183 e. The molecule has 3 aromatic rings. The average molecular weight is 302 g/mol. The van der Waals surface area contributed by atoms with E-state index in [1.807, 2.05) is 30.3 Å². The summed E-state index contributed by atoms with van der Waals surface area (Å²) in [6.07, 6.45) is 1.61. The van der Waals surface area contributed by atoms with Crippen molar-refractivity contribution in [3.05, 3.63) is 53.4 Å². The molecule has 0 aliphatic rings. The van der Waals surface area contributed by atoms with E-state index in [2.05, 4.69) is 20.2 Å². The van der Waals surface area contributed by atoms with Crippen molar-refractivity contribution in [3.63, 3.8) is 0 Å². The molecule has 0 saturated carbocycles. The zero-order chi connectivity index (χ0) is 14.7. The molecule has 0 aliphatic heterocycles. The summed E-state index contributed by atoms with van der Waals surface area (Å²) in [6, 6.07) is 11.3. The molecule has 0 amide bonds. The standard InChI is InChI=1S/C14H12ClN5O/c1-21-9-10-7-13(15)18-14(17-10)12-8-16-20(19-12)11-5-3-2-4-6-11/h2-8H,9H2,1H3. The second-order valence-corrected chi connectivity index (χ2v) is 4.68. The Balaban J connectivity index is 1.96. The van der Waals surface area contributed by atoms with Crippen molar-refractivity contribution in [3.8, 4) is 17.2 Å². The van der Waals surface area contributed by atoms with Crippen LogP contribution in [-0.4, -0.2) is 32.1 Å². The summed E-state index contributed by atoms with van der Waals surface area (Å²) in [5, 5.41) is 8.94. The zero-order valence-corrected chi connectivity index (χ0v) is 12.0. The smallest absolute Gasteiger partial charge is 0.183 e. The van der Waals surface area contributed by atoms with Gasteiger partial charge in [0.1, 0.15) is 5.15 Å². The van der Waals surface area contributed by atoms with Gasteiger partial charge < -0.3 is 4.74 Å². The van der Waals surface area contributed by atoms with Crippen molar-refractivity contribution in [2.75, 3.05) is 7.11 Å². The molecule has 0 N–H and O–H groups in total. The minimum absolute atomic E-state index is 0.348. The van der Waals surface area contributed by atoms with E-state index in [0.717, 1.165) is 5.69 Å². The van der Waals surface area contributed by atoms with E-state index in [1.165, 1.54) is 4.80 Å². The van der Waals surface area contributed by atoms with Gasteiger partial charge in [0.15, 0.2) is 11.5 Å². The SMILES string of the molecule is COCc1cc(Cl)nc(-c2cnn(-c3ccccc3)n2)n1. The van der Waals surface area contributed by atoms with Gasteiger partial charge in [-0.25, -0.2) is 9.97 Å². The Hall–Kier alpha value is -2.31. The van der Waals surface area contributed by atoms with Crippen LogP contribution in [0.3, 0.4) is 0 Å². The van der Waals surface area contributed by atoms with Crippen LogP contribution in [0.2, 0.25) is 5.15 Å². The van der Waals surface area contributed by atoms with E-state index in [4.69, 9.17) is 16.3 Å². The van der Waals surface area contributed by atoms with E-state index in [9.17, 15) is 0 Å². The minimum atomic E-state index is 0.348. The molecule has 0 bridgehead atoms. The predicted octanol–water partition coefficient (Wildman–Crippen LogP) is 2.52. The number of aromatic nitrogens is 5. The third kappa shape index (κ3) is 3.07. The van der Waals surface area contributed by atoms with Gasteiger partial charge in [-0.1, -0.05) is 29.8 Å². The molecule has 2 heterocycles. The highest BCUT2D eigenvalue weighted by Gasteiger charge is 2.10. The number of nitrogens with zero attached hydrogens (tertiary/aromatic N) is 5. The van der Waals surface area contributed by atoms with Crippen molar-refractivity contribution in [1.29, 1.82) is 0 Å². The Morgan fingerprint density at radius 3 is 2.76 bits per heavy atom. The molecule has 3 rings (SSSR count). The van der Waals surface area contributed by atoms with Crippen LogP contribution < -0.4 is 0 Å². The number of benzene rings is 1. The number of ether oxygens (including phenoxy) is 1. The summed E-state index contributed by atoms with van der Waals surface area (Å²) in [7, 11) is 1.60. The fourth-order valence-corrected chi connectivity index (χ4v) is 2.06. The summed E-state index contributed by atoms with van der Waals surface area (Å²) < 4.78 is 5.06. The topological polar surface area (TPSA) is 65.7 Å². The molecular formula is C14H12ClN5O. The molecule has 0 aliphatic carbocycles. The first-order valence-corrected chi connectivity index (χ1v) is 6.64. The fraction of sp³-hybridized carbons (Fsp3) is 0.143. The Morgan fingerprint density at radius 1 is 1.19 bits per heavy atom. The van der Waals surface area contributed by atoms with Crippen molar-refractivity contribution in [1.82, 2.24) is 25.0 Å². The Kier molecular flexibility index (Phi) is 3.89. The molecule has 6 nitrogen and oxygen atoms in total. The highest BCUT2D eigenvalue weighted by atomic mass is 35.5. The van der Waals surface area contributed by atoms with Gasteiger partial charge in [-0.2, -0.15) is 9.90 Å². The third-order valence-electron chi connectivity index (χ3n) is 2.75. The normalized spacial score (nSPS) is 10.8. The average Bonchev–Trinajstić information content (AvgIpc) is 2.98. The van der Waals surface area contributed by atoms with Gasteiger partial charge in [0, 0.05) is 7.11 Å². The molecule has 0 atom stereocenters. The van der Waals surface area contributed by atoms with Crippen molar-refractivity contribution >= 4 is 11.6 Å². The van der Waals surface area contributed by atoms with Gasteiger partial charge in [-0.3, -0.25) is 0 Å². The van der Waals surface area contributed by atoms with Gasteiger partial charge in [-0.05, 0) is 18.2 Å². The number of para-hydroxylation sites is 1. The van der Waals surface area contributed by atoms with Gasteiger partial charge in [0.2, 0.25) is 0 Å². The molecule has 21 heavy (non-hydrogen) atoms. The van der Waals surface area contributed by atoms with Gasteiger partial charge >= 0.3 is 0 Å². The minimum Gasteiger partial charge on any atom is -0.378 e. The number of hydrogen-bond donors (Lipinski definition) is 0. The first kappa shape index (κ1) is 13.7. The van der Waals surface area contributed by atoms with Crippen LogP contribution >= 0.6 is 11.6 Å². The van der Waals surface area contributed by atoms with Crippen LogP contribution in [0.1, 0.15) is 5.69 Å². The largest absolute Gasteiger partial charge is 0.378 e. The quantitative estimate of drug-likeness (QED) is 0.693. The first-order chi connectivity index (χ1) is 10.3. The molecule has 2 aromatic heterocycles. The van der Waals surface area contributed by atoms with Crippen LogP contribution in [0, 0.1) is 0 Å². The second kappa shape index (κ2) is 5.99. The highest BCUT2D eigenvalue weighted by molar-refractivity contribution is 6.29. The maximum atomic E-state index is 6.00. The monoisotopic (exact) mass is 301 g/mol. The van der Waals surface area contributed by atoms with Gasteiger partial charge in [0.05, 0.1) is 24.2 Å². The Labute approximate surface area is 126 Å². The number of halogens is 1. The summed E-state index contributed by atoms with van der Waals surface area (Å²) in [6.45, 7) is 0.363. The highest BCUT2D eigenvalue weighted by Crippen LogP contribution is 2.17. The van der Waals surface area contributed by atoms with E-state index in [0.29, 0.717) is 29.0 Å². The van der Waals surface area contributed by atoms with E-state index < -0.39 is 0 Å². The van der Waals surface area contributed by atoms with E-state index in [-0.39, 0.29) is 0 Å². The third-order valence-corrected chi connectivity index (χ3v) is 2.94. The number of rotatable bonds is 4. The first-order valence-electron chi connectivity index (χ1n) is 6.27. The van der Waals surface area contributed by atoms with Crippen LogP contribution in [0.5, 0.6) is 0 Å². The second-order valence-electron chi connectivity index (χ2n) is 4.29. The lowest BCUT2D eigenvalue weighted by atomic mass is 10.3. The molecule has 0 radical (unpaired) electrons. The molecule has 0 spiro atoms. The molecule has 0 saturated heterocycles. The lowest BCUT2D eigenvalue weighted by Crippen LogP contribution is -2.00. The summed E-state index contributed by atoms with van der Waals surface area (Å²) >= 11 is 6.00. The maximum absolute atomic E-state index is 6.00. The lowest BCUT2D eigenvalue weighted by Gasteiger charge is -2.02. The van der Waals surface area contributed by atoms with Crippen LogP contribution in [0.25, 0.3) is 17.2 Å². The van der Waals surface area contributed by atoms with E-state index in [1.54, 1.807) is 19.4 Å². The van der Waals surface area contributed by atoms with Crippen molar-refractivity contribution < 1.29 is 4.74 Å². The predicted molar refractivity (Wildman–Crippen MR) is 78.1 cm³/mol. The van der Waals surface area contributed by atoms with Gasteiger partial charge in [-0.15, -0.1) is 5.10 Å². The summed E-state index contributed by atoms with van der Waals surface area (Å²) in [5.41, 5.74) is 2.11. The van der Waals surface area contributed by atoms with Crippen LogP contribution in [-0.2, 0) is 11.3 Å². The molecule has 7 heteroatoms. The Bertz CT molecular complexity index is 744.